The number of alkyl halides is 3. The third-order valence-electron chi connectivity index (χ3n) is 3.25. The highest BCUT2D eigenvalue weighted by Gasteiger charge is 2.30. The molecule has 0 fully saturated rings. The van der Waals surface area contributed by atoms with Crippen LogP contribution in [0.2, 0.25) is 5.02 Å². The Labute approximate surface area is 148 Å². The summed E-state index contributed by atoms with van der Waals surface area (Å²) < 4.78 is 43.1. The monoisotopic (exact) mass is 372 g/mol. The van der Waals surface area contributed by atoms with Gasteiger partial charge in [0, 0.05) is 19.1 Å². The van der Waals surface area contributed by atoms with Gasteiger partial charge in [-0.05, 0) is 36.4 Å². The fraction of sp³-hybridized carbons (Fsp3) is 0.235. The molecule has 2 aromatic rings. The van der Waals surface area contributed by atoms with Gasteiger partial charge in [-0.3, -0.25) is 4.79 Å². The molecular formula is C17H16ClF3N2O2. The second-order valence-corrected chi connectivity index (χ2v) is 5.85. The normalized spacial score (nSPS) is 11.1. The SMILES string of the molecule is CN(C)c1ccc(Cl)cc1NC(=O)COc1cccc(C(F)(F)F)c1. The number of nitrogens with zero attached hydrogens (tertiary/aromatic N) is 1. The molecule has 25 heavy (non-hydrogen) atoms. The highest BCUT2D eigenvalue weighted by atomic mass is 35.5. The number of carbonyl (C=O) groups excluding carboxylic acids is 1. The Hall–Kier alpha value is -2.41. The molecule has 0 aliphatic heterocycles. The van der Waals surface area contributed by atoms with Gasteiger partial charge in [0.1, 0.15) is 5.75 Å². The van der Waals surface area contributed by atoms with E-state index in [0.29, 0.717) is 10.7 Å². The van der Waals surface area contributed by atoms with Crippen LogP contribution < -0.4 is 15.0 Å². The van der Waals surface area contributed by atoms with Crippen LogP contribution in [-0.2, 0) is 11.0 Å². The molecule has 0 aliphatic carbocycles. The molecule has 2 rings (SSSR count). The summed E-state index contributed by atoms with van der Waals surface area (Å²) in [4.78, 5) is 13.8. The van der Waals surface area contributed by atoms with Crippen molar-refractivity contribution in [1.29, 1.82) is 0 Å². The van der Waals surface area contributed by atoms with Gasteiger partial charge in [-0.1, -0.05) is 17.7 Å². The number of anilines is 2. The fourth-order valence-corrected chi connectivity index (χ4v) is 2.27. The van der Waals surface area contributed by atoms with Crippen LogP contribution in [0.3, 0.4) is 0 Å². The summed E-state index contributed by atoms with van der Waals surface area (Å²) in [5.74, 6) is -0.549. The number of carbonyl (C=O) groups is 1. The van der Waals surface area contributed by atoms with E-state index in [9.17, 15) is 18.0 Å². The summed E-state index contributed by atoms with van der Waals surface area (Å²) in [6.07, 6.45) is -4.47. The molecule has 0 unspecified atom stereocenters. The van der Waals surface area contributed by atoms with Crippen molar-refractivity contribution in [3.63, 3.8) is 0 Å². The molecule has 134 valence electrons. The number of benzene rings is 2. The summed E-state index contributed by atoms with van der Waals surface area (Å²) in [7, 11) is 3.61. The molecule has 8 heteroatoms. The summed E-state index contributed by atoms with van der Waals surface area (Å²) in [5, 5.41) is 3.08. The minimum atomic E-state index is -4.47. The lowest BCUT2D eigenvalue weighted by Crippen LogP contribution is -2.22. The molecule has 0 saturated carbocycles. The van der Waals surface area contributed by atoms with Crippen LogP contribution in [0.1, 0.15) is 5.56 Å². The molecule has 0 aliphatic rings. The molecule has 1 N–H and O–H groups in total. The van der Waals surface area contributed by atoms with E-state index in [-0.39, 0.29) is 5.75 Å². The number of ether oxygens (including phenoxy) is 1. The lowest BCUT2D eigenvalue weighted by Gasteiger charge is -2.18. The van der Waals surface area contributed by atoms with Crippen molar-refractivity contribution in [3.05, 3.63) is 53.1 Å². The van der Waals surface area contributed by atoms with Crippen molar-refractivity contribution >= 4 is 28.9 Å². The summed E-state index contributed by atoms with van der Waals surface area (Å²) >= 11 is 5.93. The van der Waals surface area contributed by atoms with E-state index >= 15 is 0 Å². The van der Waals surface area contributed by atoms with E-state index in [1.807, 2.05) is 0 Å². The van der Waals surface area contributed by atoms with Crippen LogP contribution >= 0.6 is 11.6 Å². The lowest BCUT2D eigenvalue weighted by atomic mass is 10.2. The minimum Gasteiger partial charge on any atom is -0.484 e. The van der Waals surface area contributed by atoms with Gasteiger partial charge in [-0.25, -0.2) is 0 Å². The van der Waals surface area contributed by atoms with Crippen LogP contribution in [-0.4, -0.2) is 26.6 Å². The first-order valence-corrected chi connectivity index (χ1v) is 7.61. The Bertz CT molecular complexity index is 764. The van der Waals surface area contributed by atoms with Crippen LogP contribution in [0, 0.1) is 0 Å². The average molecular weight is 373 g/mol. The third kappa shape index (κ3) is 5.29. The highest BCUT2D eigenvalue weighted by Crippen LogP contribution is 2.31. The van der Waals surface area contributed by atoms with E-state index in [2.05, 4.69) is 5.32 Å². The van der Waals surface area contributed by atoms with Crippen molar-refractivity contribution < 1.29 is 22.7 Å². The van der Waals surface area contributed by atoms with Gasteiger partial charge in [-0.2, -0.15) is 13.2 Å². The number of amides is 1. The molecule has 0 aromatic heterocycles. The van der Waals surface area contributed by atoms with Gasteiger partial charge in [0.25, 0.3) is 5.91 Å². The predicted octanol–water partition coefficient (Wildman–Crippen LogP) is 4.44. The quantitative estimate of drug-likeness (QED) is 0.843. The summed E-state index contributed by atoms with van der Waals surface area (Å²) in [6, 6.07) is 9.36. The minimum absolute atomic E-state index is 0.0381. The largest absolute Gasteiger partial charge is 0.484 e. The molecule has 0 atom stereocenters. The summed E-state index contributed by atoms with van der Waals surface area (Å²) in [6.45, 7) is -0.430. The number of nitrogens with one attached hydrogen (secondary N) is 1. The Kier molecular flexibility index (Phi) is 5.79. The molecule has 2 aromatic carbocycles. The maximum atomic E-state index is 12.7. The maximum absolute atomic E-state index is 12.7. The highest BCUT2D eigenvalue weighted by molar-refractivity contribution is 6.31. The topological polar surface area (TPSA) is 41.6 Å². The van der Waals surface area contributed by atoms with Gasteiger partial charge >= 0.3 is 6.18 Å². The van der Waals surface area contributed by atoms with E-state index < -0.39 is 24.3 Å². The second kappa shape index (κ2) is 7.65. The standard InChI is InChI=1S/C17H16ClF3N2O2/c1-23(2)15-7-6-12(18)9-14(15)22-16(24)10-25-13-5-3-4-11(8-13)17(19,20)21/h3-9H,10H2,1-2H3,(H,22,24). The van der Waals surface area contributed by atoms with Crippen molar-refractivity contribution in [1.82, 2.24) is 0 Å². The molecule has 0 radical (unpaired) electrons. The van der Waals surface area contributed by atoms with Crippen molar-refractivity contribution in [2.24, 2.45) is 0 Å². The summed E-state index contributed by atoms with van der Waals surface area (Å²) in [5.41, 5.74) is 0.377. The first-order valence-electron chi connectivity index (χ1n) is 7.23. The van der Waals surface area contributed by atoms with Crippen LogP contribution in [0.25, 0.3) is 0 Å². The predicted molar refractivity (Wildman–Crippen MR) is 91.3 cm³/mol. The van der Waals surface area contributed by atoms with Gasteiger partial charge in [0.15, 0.2) is 6.61 Å². The van der Waals surface area contributed by atoms with E-state index in [4.69, 9.17) is 16.3 Å². The zero-order chi connectivity index (χ0) is 18.6. The van der Waals surface area contributed by atoms with Gasteiger partial charge < -0.3 is 15.0 Å². The number of hydrogen-bond donors (Lipinski definition) is 1. The first kappa shape index (κ1) is 18.9. The van der Waals surface area contributed by atoms with E-state index in [0.717, 1.165) is 17.8 Å². The Morgan fingerprint density at radius 1 is 1.20 bits per heavy atom. The van der Waals surface area contributed by atoms with Crippen LogP contribution in [0.15, 0.2) is 42.5 Å². The zero-order valence-electron chi connectivity index (χ0n) is 13.5. The van der Waals surface area contributed by atoms with Crippen molar-refractivity contribution in [3.8, 4) is 5.75 Å². The van der Waals surface area contributed by atoms with Crippen molar-refractivity contribution in [2.45, 2.75) is 6.18 Å². The van der Waals surface area contributed by atoms with Crippen LogP contribution in [0.5, 0.6) is 5.75 Å². The first-order chi connectivity index (χ1) is 11.7. The van der Waals surface area contributed by atoms with Crippen molar-refractivity contribution in [2.75, 3.05) is 30.9 Å². The fourth-order valence-electron chi connectivity index (χ4n) is 2.10. The molecule has 4 nitrogen and oxygen atoms in total. The maximum Gasteiger partial charge on any atom is 0.416 e. The van der Waals surface area contributed by atoms with E-state index in [1.165, 1.54) is 12.1 Å². The molecule has 1 amide bonds. The lowest BCUT2D eigenvalue weighted by molar-refractivity contribution is -0.137. The Balaban J connectivity index is 2.04. The zero-order valence-corrected chi connectivity index (χ0v) is 14.3. The van der Waals surface area contributed by atoms with Gasteiger partial charge in [-0.15, -0.1) is 0 Å². The third-order valence-corrected chi connectivity index (χ3v) is 3.48. The molecule has 0 bridgehead atoms. The molecular weight excluding hydrogens is 357 g/mol. The Morgan fingerprint density at radius 2 is 1.92 bits per heavy atom. The number of hydrogen-bond acceptors (Lipinski definition) is 3. The molecule has 0 spiro atoms. The Morgan fingerprint density at radius 3 is 2.56 bits per heavy atom. The van der Waals surface area contributed by atoms with Gasteiger partial charge in [0.05, 0.1) is 16.9 Å². The van der Waals surface area contributed by atoms with E-state index in [1.54, 1.807) is 37.2 Å². The number of rotatable bonds is 5. The average Bonchev–Trinajstić information content (AvgIpc) is 2.52. The molecule has 0 saturated heterocycles. The number of halogens is 4. The van der Waals surface area contributed by atoms with Crippen LogP contribution in [0.4, 0.5) is 24.5 Å². The van der Waals surface area contributed by atoms with Gasteiger partial charge in [0.2, 0.25) is 0 Å². The molecule has 0 heterocycles. The smallest absolute Gasteiger partial charge is 0.416 e. The second-order valence-electron chi connectivity index (χ2n) is 5.42.